The molecule has 0 aromatic heterocycles. The molecule has 4 heteroatoms. The highest BCUT2D eigenvalue weighted by molar-refractivity contribution is 5.66. The molecule has 3 saturated carbocycles. The summed E-state index contributed by atoms with van der Waals surface area (Å²) in [5.74, 6) is 2.20. The Bertz CT molecular complexity index is 699. The van der Waals surface area contributed by atoms with Gasteiger partial charge in [0, 0.05) is 6.42 Å². The second-order valence-corrected chi connectivity index (χ2v) is 11.4. The molecule has 30 heavy (non-hydrogen) atoms. The van der Waals surface area contributed by atoms with Crippen molar-refractivity contribution in [1.29, 1.82) is 0 Å². The third kappa shape index (κ3) is 3.46. The van der Waals surface area contributed by atoms with Gasteiger partial charge in [-0.1, -0.05) is 38.3 Å². The van der Waals surface area contributed by atoms with Crippen molar-refractivity contribution in [2.75, 3.05) is 0 Å². The van der Waals surface area contributed by atoms with Gasteiger partial charge in [-0.15, -0.1) is 0 Å². The standard InChI is InChI=1S/C26H42O4/c1-5-17-20-13-16(27)10-11-26(20,4)21-12-15(3)23-18(14(2)6-9-22(28)29)7-8-19(23)24(21)25(17)30/h14,16-21,24-25,27,30H,5-13H2,1-4H3,(H,28,29)/t14-,16-,17-,18?,19?,20+,21?,24?,25?,26+/m1/s1. The van der Waals surface area contributed by atoms with Crippen LogP contribution in [-0.2, 0) is 4.79 Å². The Morgan fingerprint density at radius 1 is 1.20 bits per heavy atom. The monoisotopic (exact) mass is 418 g/mol. The smallest absolute Gasteiger partial charge is 0.303 e. The number of carboxylic acids is 1. The average Bonchev–Trinajstić information content (AvgIpc) is 3.14. The van der Waals surface area contributed by atoms with E-state index < -0.39 is 5.97 Å². The molecule has 3 fully saturated rings. The Balaban J connectivity index is 1.66. The molecule has 10 atom stereocenters. The average molecular weight is 419 g/mol. The first kappa shape index (κ1) is 22.3. The first-order valence-electron chi connectivity index (χ1n) is 12.5. The fourth-order valence-electron chi connectivity index (χ4n) is 8.65. The number of carbonyl (C=O) groups is 1. The molecule has 0 aliphatic heterocycles. The first-order chi connectivity index (χ1) is 14.2. The number of fused-ring (bicyclic) bond motifs is 5. The third-order valence-corrected chi connectivity index (χ3v) is 10.1. The van der Waals surface area contributed by atoms with Crippen LogP contribution in [0.4, 0.5) is 0 Å². The summed E-state index contributed by atoms with van der Waals surface area (Å²) in [7, 11) is 0. The molecule has 4 aliphatic rings. The van der Waals surface area contributed by atoms with Gasteiger partial charge >= 0.3 is 5.97 Å². The fraction of sp³-hybridized carbons (Fsp3) is 0.885. The van der Waals surface area contributed by atoms with E-state index in [4.69, 9.17) is 5.11 Å². The predicted octanol–water partition coefficient (Wildman–Crippen LogP) is 5.03. The number of allylic oxidation sites excluding steroid dienone is 2. The van der Waals surface area contributed by atoms with Gasteiger partial charge < -0.3 is 15.3 Å². The first-order valence-corrected chi connectivity index (χ1v) is 12.5. The zero-order chi connectivity index (χ0) is 21.8. The fourth-order valence-corrected chi connectivity index (χ4v) is 8.65. The van der Waals surface area contributed by atoms with Gasteiger partial charge in [-0.3, -0.25) is 4.79 Å². The Labute approximate surface area is 182 Å². The number of rotatable bonds is 5. The molecule has 0 radical (unpaired) electrons. The topological polar surface area (TPSA) is 77.8 Å². The molecular weight excluding hydrogens is 376 g/mol. The molecule has 0 aromatic carbocycles. The minimum atomic E-state index is -0.697. The molecule has 0 heterocycles. The molecule has 0 saturated heterocycles. The Kier molecular flexibility index (Phi) is 6.13. The van der Waals surface area contributed by atoms with Crippen LogP contribution in [0.3, 0.4) is 0 Å². The second-order valence-electron chi connectivity index (χ2n) is 11.4. The Hall–Kier alpha value is -0.870. The number of hydrogen-bond donors (Lipinski definition) is 3. The molecule has 5 unspecified atom stereocenters. The van der Waals surface area contributed by atoms with Crippen LogP contribution in [-0.4, -0.2) is 33.5 Å². The summed E-state index contributed by atoms with van der Waals surface area (Å²) in [4.78, 5) is 11.1. The van der Waals surface area contributed by atoms with Crippen LogP contribution in [0.5, 0.6) is 0 Å². The lowest BCUT2D eigenvalue weighted by molar-refractivity contribution is -0.171. The lowest BCUT2D eigenvalue weighted by Gasteiger charge is -2.62. The summed E-state index contributed by atoms with van der Waals surface area (Å²) in [6.45, 7) is 9.23. The van der Waals surface area contributed by atoms with E-state index in [-0.39, 0.29) is 30.0 Å². The van der Waals surface area contributed by atoms with Crippen molar-refractivity contribution in [2.24, 2.45) is 46.8 Å². The highest BCUT2D eigenvalue weighted by atomic mass is 16.4. The maximum atomic E-state index is 11.7. The maximum Gasteiger partial charge on any atom is 0.303 e. The minimum absolute atomic E-state index is 0.206. The van der Waals surface area contributed by atoms with E-state index in [9.17, 15) is 15.0 Å². The molecular formula is C26H42O4. The van der Waals surface area contributed by atoms with Gasteiger partial charge in [0.25, 0.3) is 0 Å². The van der Waals surface area contributed by atoms with Gasteiger partial charge in [0.2, 0.25) is 0 Å². The van der Waals surface area contributed by atoms with Crippen molar-refractivity contribution in [3.8, 4) is 0 Å². The summed E-state index contributed by atoms with van der Waals surface area (Å²) in [6, 6.07) is 0. The van der Waals surface area contributed by atoms with Gasteiger partial charge in [0.15, 0.2) is 0 Å². The van der Waals surface area contributed by atoms with Crippen molar-refractivity contribution < 1.29 is 20.1 Å². The van der Waals surface area contributed by atoms with Gasteiger partial charge in [-0.05, 0) is 98.7 Å². The molecule has 0 bridgehead atoms. The van der Waals surface area contributed by atoms with Gasteiger partial charge in [-0.25, -0.2) is 0 Å². The quantitative estimate of drug-likeness (QED) is 0.547. The summed E-state index contributed by atoms with van der Waals surface area (Å²) >= 11 is 0. The number of aliphatic hydroxyl groups is 2. The summed E-state index contributed by atoms with van der Waals surface area (Å²) in [5, 5.41) is 31.2. The van der Waals surface area contributed by atoms with Gasteiger partial charge in [-0.2, -0.15) is 0 Å². The van der Waals surface area contributed by atoms with Crippen LogP contribution < -0.4 is 0 Å². The van der Waals surface area contributed by atoms with E-state index in [1.165, 1.54) is 5.57 Å². The van der Waals surface area contributed by atoms with Crippen molar-refractivity contribution in [2.45, 2.75) is 97.7 Å². The Morgan fingerprint density at radius 3 is 2.60 bits per heavy atom. The van der Waals surface area contributed by atoms with Crippen molar-refractivity contribution in [3.63, 3.8) is 0 Å². The molecule has 0 spiro atoms. The van der Waals surface area contributed by atoms with E-state index in [0.717, 1.165) is 51.4 Å². The van der Waals surface area contributed by atoms with Crippen molar-refractivity contribution in [1.82, 2.24) is 0 Å². The SMILES string of the molecule is CC[C@H]1C(O)C2C3CCC([C@H](C)CCC(=O)O)C3=C(C)CC2[C@@]2(C)CC[C@@H](O)C[C@@H]12. The van der Waals surface area contributed by atoms with Crippen LogP contribution in [0.25, 0.3) is 0 Å². The second kappa shape index (κ2) is 8.24. The van der Waals surface area contributed by atoms with Crippen LogP contribution in [0.2, 0.25) is 0 Å². The Morgan fingerprint density at radius 2 is 1.93 bits per heavy atom. The van der Waals surface area contributed by atoms with E-state index in [1.54, 1.807) is 5.57 Å². The van der Waals surface area contributed by atoms with Crippen LogP contribution in [0, 0.1) is 46.8 Å². The molecule has 0 amide bonds. The number of aliphatic carboxylic acids is 1. The van der Waals surface area contributed by atoms with Crippen molar-refractivity contribution >= 4 is 5.97 Å². The zero-order valence-corrected chi connectivity index (χ0v) is 19.3. The summed E-state index contributed by atoms with van der Waals surface area (Å²) in [5.41, 5.74) is 3.32. The summed E-state index contributed by atoms with van der Waals surface area (Å²) < 4.78 is 0. The lowest BCUT2D eigenvalue weighted by atomic mass is 9.44. The zero-order valence-electron chi connectivity index (χ0n) is 19.3. The van der Waals surface area contributed by atoms with E-state index in [1.807, 2.05) is 0 Å². The van der Waals surface area contributed by atoms with E-state index in [0.29, 0.717) is 35.5 Å². The number of carboxylic acid groups (broad SMARTS) is 1. The molecule has 3 N–H and O–H groups in total. The number of aliphatic hydroxyl groups excluding tert-OH is 2. The molecule has 0 aromatic rings. The van der Waals surface area contributed by atoms with Crippen molar-refractivity contribution in [3.05, 3.63) is 11.1 Å². The normalized spacial score (nSPS) is 46.7. The molecule has 4 nitrogen and oxygen atoms in total. The highest BCUT2D eigenvalue weighted by Gasteiger charge is 2.61. The molecule has 170 valence electrons. The minimum Gasteiger partial charge on any atom is -0.481 e. The van der Waals surface area contributed by atoms with Gasteiger partial charge in [0.05, 0.1) is 12.2 Å². The maximum absolute atomic E-state index is 11.7. The molecule has 4 aliphatic carbocycles. The van der Waals surface area contributed by atoms with Gasteiger partial charge in [0.1, 0.15) is 0 Å². The number of hydrogen-bond acceptors (Lipinski definition) is 3. The lowest BCUT2D eigenvalue weighted by Crippen LogP contribution is -2.60. The largest absolute Gasteiger partial charge is 0.481 e. The molecule has 4 rings (SSSR count). The van der Waals surface area contributed by atoms with E-state index >= 15 is 0 Å². The van der Waals surface area contributed by atoms with Crippen LogP contribution in [0.1, 0.15) is 85.5 Å². The van der Waals surface area contributed by atoms with E-state index in [2.05, 4.69) is 27.7 Å². The third-order valence-electron chi connectivity index (χ3n) is 10.1. The highest BCUT2D eigenvalue weighted by Crippen LogP contribution is 2.65. The van der Waals surface area contributed by atoms with Crippen LogP contribution >= 0.6 is 0 Å². The summed E-state index contributed by atoms with van der Waals surface area (Å²) in [6.07, 6.45) is 7.71. The van der Waals surface area contributed by atoms with Crippen LogP contribution in [0.15, 0.2) is 11.1 Å². The predicted molar refractivity (Wildman–Crippen MR) is 118 cm³/mol.